The number of pyridine rings is 1. The summed E-state index contributed by atoms with van der Waals surface area (Å²) in [6.07, 6.45) is 1.19. The van der Waals surface area contributed by atoms with Gasteiger partial charge in [-0.05, 0) is 32.4 Å². The second kappa shape index (κ2) is 6.17. The SMILES string of the molecule is CC(C)(C)OC(=O)Cc1cnc(-n2nccn2)c(C(F)F)c1. The van der Waals surface area contributed by atoms with Crippen molar-refractivity contribution in [3.05, 3.63) is 35.8 Å². The summed E-state index contributed by atoms with van der Waals surface area (Å²) < 4.78 is 31.5. The van der Waals surface area contributed by atoms with Crippen LogP contribution in [0.25, 0.3) is 5.82 Å². The van der Waals surface area contributed by atoms with Gasteiger partial charge in [-0.2, -0.15) is 10.2 Å². The minimum absolute atomic E-state index is 0.0621. The zero-order valence-corrected chi connectivity index (χ0v) is 12.5. The van der Waals surface area contributed by atoms with Gasteiger partial charge in [-0.15, -0.1) is 4.80 Å². The lowest BCUT2D eigenvalue weighted by atomic mass is 10.1. The van der Waals surface area contributed by atoms with Gasteiger partial charge in [-0.1, -0.05) is 0 Å². The Morgan fingerprint density at radius 3 is 2.50 bits per heavy atom. The van der Waals surface area contributed by atoms with E-state index >= 15 is 0 Å². The van der Waals surface area contributed by atoms with E-state index in [1.165, 1.54) is 24.7 Å². The van der Waals surface area contributed by atoms with Crippen molar-refractivity contribution < 1.29 is 18.3 Å². The number of rotatable bonds is 4. The van der Waals surface area contributed by atoms with E-state index in [-0.39, 0.29) is 17.8 Å². The van der Waals surface area contributed by atoms with Crippen molar-refractivity contribution in [3.8, 4) is 5.82 Å². The largest absolute Gasteiger partial charge is 0.460 e. The fourth-order valence-corrected chi connectivity index (χ4v) is 1.81. The molecule has 0 atom stereocenters. The lowest BCUT2D eigenvalue weighted by Crippen LogP contribution is -2.25. The standard InChI is InChI=1S/C14H16F2N4O2/c1-14(2,3)22-11(21)7-9-6-10(12(15)16)13(17-8-9)20-18-4-5-19-20/h4-6,8,12H,7H2,1-3H3. The Morgan fingerprint density at radius 1 is 1.32 bits per heavy atom. The number of esters is 1. The molecule has 0 saturated heterocycles. The molecule has 0 saturated carbocycles. The van der Waals surface area contributed by atoms with Gasteiger partial charge < -0.3 is 4.74 Å². The molecule has 0 bridgehead atoms. The van der Waals surface area contributed by atoms with E-state index in [1.807, 2.05) is 0 Å². The molecule has 0 unspecified atom stereocenters. The Balaban J connectivity index is 2.25. The zero-order chi connectivity index (χ0) is 16.3. The molecule has 0 aliphatic rings. The first-order chi connectivity index (χ1) is 10.3. The predicted octanol–water partition coefficient (Wildman–Crippen LogP) is 2.48. The molecule has 0 amide bonds. The monoisotopic (exact) mass is 310 g/mol. The summed E-state index contributed by atoms with van der Waals surface area (Å²) in [5.41, 5.74) is -0.618. The van der Waals surface area contributed by atoms with Gasteiger partial charge in [0.15, 0.2) is 5.82 Å². The molecule has 2 rings (SSSR count). The summed E-state index contributed by atoms with van der Waals surface area (Å²) in [6.45, 7) is 5.21. The summed E-state index contributed by atoms with van der Waals surface area (Å²) in [4.78, 5) is 16.7. The molecule has 0 radical (unpaired) electrons. The van der Waals surface area contributed by atoms with Crippen LogP contribution in [0.3, 0.4) is 0 Å². The number of carbonyl (C=O) groups is 1. The number of hydrogen-bond acceptors (Lipinski definition) is 5. The molecular formula is C14H16F2N4O2. The third-order valence-electron chi connectivity index (χ3n) is 2.56. The summed E-state index contributed by atoms with van der Waals surface area (Å²) >= 11 is 0. The third-order valence-corrected chi connectivity index (χ3v) is 2.56. The first-order valence-corrected chi connectivity index (χ1v) is 6.62. The number of alkyl halides is 2. The molecule has 0 N–H and O–H groups in total. The lowest BCUT2D eigenvalue weighted by molar-refractivity contribution is -0.153. The van der Waals surface area contributed by atoms with Crippen LogP contribution < -0.4 is 0 Å². The molecule has 22 heavy (non-hydrogen) atoms. The second-order valence-corrected chi connectivity index (χ2v) is 5.64. The molecule has 2 aromatic rings. The first-order valence-electron chi connectivity index (χ1n) is 6.62. The van der Waals surface area contributed by atoms with Gasteiger partial charge in [0, 0.05) is 6.20 Å². The maximum Gasteiger partial charge on any atom is 0.310 e. The molecule has 6 nitrogen and oxygen atoms in total. The van der Waals surface area contributed by atoms with E-state index in [0.29, 0.717) is 5.56 Å². The van der Waals surface area contributed by atoms with E-state index in [1.54, 1.807) is 20.8 Å². The number of hydrogen-bond donors (Lipinski definition) is 0. The van der Waals surface area contributed by atoms with Crippen molar-refractivity contribution in [2.24, 2.45) is 0 Å². The van der Waals surface area contributed by atoms with Crippen molar-refractivity contribution in [2.45, 2.75) is 39.2 Å². The Morgan fingerprint density at radius 2 is 1.95 bits per heavy atom. The number of ether oxygens (including phenoxy) is 1. The Labute approximate surface area is 126 Å². The number of nitrogens with zero attached hydrogens (tertiary/aromatic N) is 4. The van der Waals surface area contributed by atoms with Crippen LogP contribution >= 0.6 is 0 Å². The Hall–Kier alpha value is -2.38. The van der Waals surface area contributed by atoms with Gasteiger partial charge in [0.1, 0.15) is 5.60 Å². The van der Waals surface area contributed by atoms with Crippen LogP contribution in [0.4, 0.5) is 8.78 Å². The summed E-state index contributed by atoms with van der Waals surface area (Å²) in [5.74, 6) is -0.563. The van der Waals surface area contributed by atoms with Gasteiger partial charge in [0.25, 0.3) is 6.43 Å². The zero-order valence-electron chi connectivity index (χ0n) is 12.5. The average molecular weight is 310 g/mol. The van der Waals surface area contributed by atoms with Crippen LogP contribution in [0.2, 0.25) is 0 Å². The van der Waals surface area contributed by atoms with Crippen LogP contribution in [-0.4, -0.2) is 31.5 Å². The van der Waals surface area contributed by atoms with E-state index in [0.717, 1.165) is 4.80 Å². The summed E-state index contributed by atoms with van der Waals surface area (Å²) in [7, 11) is 0. The van der Waals surface area contributed by atoms with Crippen molar-refractivity contribution in [3.63, 3.8) is 0 Å². The van der Waals surface area contributed by atoms with E-state index in [9.17, 15) is 13.6 Å². The third kappa shape index (κ3) is 4.06. The molecular weight excluding hydrogens is 294 g/mol. The van der Waals surface area contributed by atoms with Gasteiger partial charge in [0.2, 0.25) is 0 Å². The fraction of sp³-hybridized carbons (Fsp3) is 0.429. The number of halogens is 2. The molecule has 118 valence electrons. The smallest absolute Gasteiger partial charge is 0.310 e. The molecule has 8 heteroatoms. The van der Waals surface area contributed by atoms with Crippen LogP contribution in [0, 0.1) is 0 Å². The minimum atomic E-state index is -2.76. The van der Waals surface area contributed by atoms with Crippen LogP contribution in [-0.2, 0) is 16.0 Å². The van der Waals surface area contributed by atoms with E-state index in [4.69, 9.17) is 4.74 Å². The molecule has 2 heterocycles. The normalized spacial score (nSPS) is 11.7. The fourth-order valence-electron chi connectivity index (χ4n) is 1.81. The lowest BCUT2D eigenvalue weighted by Gasteiger charge is -2.19. The second-order valence-electron chi connectivity index (χ2n) is 5.64. The van der Waals surface area contributed by atoms with Gasteiger partial charge >= 0.3 is 5.97 Å². The van der Waals surface area contributed by atoms with Crippen molar-refractivity contribution >= 4 is 5.97 Å². The Kier molecular flexibility index (Phi) is 4.48. The quantitative estimate of drug-likeness (QED) is 0.811. The van der Waals surface area contributed by atoms with Gasteiger partial charge in [-0.25, -0.2) is 13.8 Å². The number of aromatic nitrogens is 4. The van der Waals surface area contributed by atoms with Gasteiger partial charge in [-0.3, -0.25) is 4.79 Å². The van der Waals surface area contributed by atoms with E-state index in [2.05, 4.69) is 15.2 Å². The summed E-state index contributed by atoms with van der Waals surface area (Å²) in [6, 6.07) is 1.22. The minimum Gasteiger partial charge on any atom is -0.460 e. The molecule has 2 aromatic heterocycles. The first kappa shape index (κ1) is 16.0. The highest BCUT2D eigenvalue weighted by Crippen LogP contribution is 2.25. The molecule has 0 aliphatic heterocycles. The highest BCUT2D eigenvalue weighted by Gasteiger charge is 2.20. The van der Waals surface area contributed by atoms with Crippen molar-refractivity contribution in [1.82, 2.24) is 20.0 Å². The van der Waals surface area contributed by atoms with Crippen molar-refractivity contribution in [1.29, 1.82) is 0 Å². The van der Waals surface area contributed by atoms with E-state index < -0.39 is 18.0 Å². The molecule has 0 fully saturated rings. The maximum atomic E-state index is 13.2. The van der Waals surface area contributed by atoms with Crippen LogP contribution in [0.5, 0.6) is 0 Å². The highest BCUT2D eigenvalue weighted by molar-refractivity contribution is 5.73. The predicted molar refractivity (Wildman–Crippen MR) is 73.7 cm³/mol. The van der Waals surface area contributed by atoms with Crippen LogP contribution in [0.1, 0.15) is 38.3 Å². The van der Waals surface area contributed by atoms with Crippen LogP contribution in [0.15, 0.2) is 24.7 Å². The van der Waals surface area contributed by atoms with Crippen molar-refractivity contribution in [2.75, 3.05) is 0 Å². The topological polar surface area (TPSA) is 69.9 Å². The number of carbonyl (C=O) groups excluding carboxylic acids is 1. The molecule has 0 spiro atoms. The average Bonchev–Trinajstić information content (AvgIpc) is 2.89. The van der Waals surface area contributed by atoms with Gasteiger partial charge in [0.05, 0.1) is 24.4 Å². The highest BCUT2D eigenvalue weighted by atomic mass is 19.3. The molecule has 0 aliphatic carbocycles. The molecule has 0 aromatic carbocycles. The Bertz CT molecular complexity index is 651. The maximum absolute atomic E-state index is 13.2. The summed E-state index contributed by atoms with van der Waals surface area (Å²) in [5, 5.41) is 7.57.